The maximum Gasteiger partial charge on any atom is 0.433 e. The van der Waals surface area contributed by atoms with Crippen LogP contribution >= 0.6 is 0 Å². The Hall–Kier alpha value is -2.72. The van der Waals surface area contributed by atoms with Crippen LogP contribution < -0.4 is 5.32 Å². The lowest BCUT2D eigenvalue weighted by atomic mass is 10.2. The molecule has 1 aromatic heterocycles. The Labute approximate surface area is 156 Å². The van der Waals surface area contributed by atoms with Gasteiger partial charge in [0.1, 0.15) is 4.92 Å². The Kier molecular flexibility index (Phi) is 5.57. The largest absolute Gasteiger partial charge is 0.433 e. The summed E-state index contributed by atoms with van der Waals surface area (Å²) in [7, 11) is -3.56. The van der Waals surface area contributed by atoms with Crippen LogP contribution in [0.3, 0.4) is 0 Å². The molecular formula is C17H19N3O6S. The molecule has 144 valence electrons. The number of carbonyl (C=O) groups excluding carboxylic acids is 1. The highest BCUT2D eigenvalue weighted by Gasteiger charge is 2.25. The van der Waals surface area contributed by atoms with Crippen molar-refractivity contribution in [2.24, 2.45) is 0 Å². The van der Waals surface area contributed by atoms with Gasteiger partial charge in [0.15, 0.2) is 5.76 Å². The van der Waals surface area contributed by atoms with Crippen molar-refractivity contribution < 1.29 is 22.6 Å². The number of hydrogen-bond acceptors (Lipinski definition) is 6. The fourth-order valence-corrected chi connectivity index (χ4v) is 4.40. The monoisotopic (exact) mass is 393 g/mol. The number of rotatable bonds is 5. The minimum absolute atomic E-state index is 0.163. The predicted molar refractivity (Wildman–Crippen MR) is 97.0 cm³/mol. The first-order valence-corrected chi connectivity index (χ1v) is 9.98. The van der Waals surface area contributed by atoms with Gasteiger partial charge in [-0.2, -0.15) is 4.31 Å². The van der Waals surface area contributed by atoms with Crippen LogP contribution in [0.4, 0.5) is 11.6 Å². The molecule has 0 radical (unpaired) electrons. The summed E-state index contributed by atoms with van der Waals surface area (Å²) >= 11 is 0. The van der Waals surface area contributed by atoms with E-state index in [0.29, 0.717) is 18.8 Å². The zero-order chi connectivity index (χ0) is 19.4. The lowest BCUT2D eigenvalue weighted by Gasteiger charge is -2.20. The van der Waals surface area contributed by atoms with Gasteiger partial charge in [-0.15, -0.1) is 0 Å². The van der Waals surface area contributed by atoms with Crippen molar-refractivity contribution in [3.05, 3.63) is 52.3 Å². The van der Waals surface area contributed by atoms with E-state index in [1.807, 2.05) is 0 Å². The molecule has 9 nitrogen and oxygen atoms in total. The van der Waals surface area contributed by atoms with Crippen LogP contribution in [0.5, 0.6) is 0 Å². The van der Waals surface area contributed by atoms with Gasteiger partial charge in [-0.05, 0) is 43.2 Å². The molecule has 0 bridgehead atoms. The average molecular weight is 393 g/mol. The van der Waals surface area contributed by atoms with Gasteiger partial charge in [0.25, 0.3) is 5.91 Å². The summed E-state index contributed by atoms with van der Waals surface area (Å²) in [5, 5.41) is 13.1. The first kappa shape index (κ1) is 19.1. The number of amides is 1. The number of sulfonamides is 1. The van der Waals surface area contributed by atoms with Gasteiger partial charge in [-0.25, -0.2) is 8.42 Å². The maximum absolute atomic E-state index is 12.7. The zero-order valence-electron chi connectivity index (χ0n) is 14.5. The number of carbonyl (C=O) groups is 1. The van der Waals surface area contributed by atoms with E-state index in [2.05, 4.69) is 5.32 Å². The second-order valence-electron chi connectivity index (χ2n) is 6.19. The van der Waals surface area contributed by atoms with Gasteiger partial charge in [0.2, 0.25) is 10.0 Å². The van der Waals surface area contributed by atoms with E-state index < -0.39 is 26.7 Å². The second-order valence-corrected chi connectivity index (χ2v) is 8.13. The van der Waals surface area contributed by atoms with Gasteiger partial charge in [0, 0.05) is 18.8 Å². The minimum atomic E-state index is -3.56. The van der Waals surface area contributed by atoms with Gasteiger partial charge in [-0.1, -0.05) is 12.8 Å². The maximum atomic E-state index is 12.7. The van der Waals surface area contributed by atoms with E-state index in [-0.39, 0.29) is 10.7 Å². The molecule has 0 atom stereocenters. The normalized spacial score (nSPS) is 15.9. The van der Waals surface area contributed by atoms with Crippen LogP contribution in [-0.4, -0.2) is 36.6 Å². The standard InChI is InChI=1S/C17H19N3O6S/c21-17(15-9-10-16(26-15)20(22)23)18-13-5-7-14(8-6-13)27(24,25)19-11-3-1-2-4-12-19/h5-10H,1-4,11-12H2,(H,18,21). The molecule has 1 saturated heterocycles. The highest BCUT2D eigenvalue weighted by atomic mass is 32.2. The highest BCUT2D eigenvalue weighted by Crippen LogP contribution is 2.22. The molecule has 1 amide bonds. The fourth-order valence-electron chi connectivity index (χ4n) is 2.88. The lowest BCUT2D eigenvalue weighted by molar-refractivity contribution is -0.402. The number of benzene rings is 1. The molecule has 0 saturated carbocycles. The Morgan fingerprint density at radius 3 is 2.22 bits per heavy atom. The van der Waals surface area contributed by atoms with Gasteiger partial charge in [0.05, 0.1) is 11.0 Å². The predicted octanol–water partition coefficient (Wildman–Crippen LogP) is 3.00. The molecule has 10 heteroatoms. The van der Waals surface area contributed by atoms with E-state index in [9.17, 15) is 23.3 Å². The smallest absolute Gasteiger partial charge is 0.395 e. The third kappa shape index (κ3) is 4.34. The lowest BCUT2D eigenvalue weighted by Crippen LogP contribution is -2.31. The van der Waals surface area contributed by atoms with E-state index in [1.54, 1.807) is 0 Å². The van der Waals surface area contributed by atoms with Crippen LogP contribution in [0.25, 0.3) is 0 Å². The molecule has 0 aliphatic carbocycles. The number of nitrogens with one attached hydrogen (secondary N) is 1. The van der Waals surface area contributed by atoms with Crippen LogP contribution in [0.2, 0.25) is 0 Å². The molecule has 3 rings (SSSR count). The summed E-state index contributed by atoms with van der Waals surface area (Å²) in [6.07, 6.45) is 3.76. The van der Waals surface area contributed by atoms with Crippen molar-refractivity contribution in [3.8, 4) is 0 Å². The fraction of sp³-hybridized carbons (Fsp3) is 0.353. The summed E-state index contributed by atoms with van der Waals surface area (Å²) in [5.74, 6) is -1.40. The van der Waals surface area contributed by atoms with Gasteiger partial charge >= 0.3 is 5.88 Å². The molecule has 1 aromatic carbocycles. The molecule has 1 fully saturated rings. The van der Waals surface area contributed by atoms with E-state index in [0.717, 1.165) is 31.7 Å². The second kappa shape index (κ2) is 7.89. The summed E-state index contributed by atoms with van der Waals surface area (Å²) in [5.41, 5.74) is 0.355. The van der Waals surface area contributed by atoms with Crippen molar-refractivity contribution in [2.75, 3.05) is 18.4 Å². The molecule has 0 spiro atoms. The topological polar surface area (TPSA) is 123 Å². The van der Waals surface area contributed by atoms with E-state index in [4.69, 9.17) is 4.42 Å². The Balaban J connectivity index is 1.70. The molecule has 2 aromatic rings. The van der Waals surface area contributed by atoms with E-state index in [1.165, 1.54) is 34.6 Å². The van der Waals surface area contributed by atoms with Crippen molar-refractivity contribution in [3.63, 3.8) is 0 Å². The van der Waals surface area contributed by atoms with Crippen molar-refractivity contribution in [2.45, 2.75) is 30.6 Å². The summed E-state index contributed by atoms with van der Waals surface area (Å²) < 4.78 is 31.8. The van der Waals surface area contributed by atoms with Crippen LogP contribution in [-0.2, 0) is 10.0 Å². The molecule has 2 heterocycles. The van der Waals surface area contributed by atoms with Crippen LogP contribution in [0, 0.1) is 10.1 Å². The SMILES string of the molecule is O=C(Nc1ccc(S(=O)(=O)N2CCCCCC2)cc1)c1ccc([N+](=O)[O-])o1. The van der Waals surface area contributed by atoms with Crippen molar-refractivity contribution in [1.29, 1.82) is 0 Å². The quantitative estimate of drug-likeness (QED) is 0.615. The molecular weight excluding hydrogens is 374 g/mol. The number of nitro groups is 1. The van der Waals surface area contributed by atoms with Crippen molar-refractivity contribution in [1.82, 2.24) is 4.31 Å². The van der Waals surface area contributed by atoms with Crippen LogP contribution in [0.1, 0.15) is 36.2 Å². The first-order valence-electron chi connectivity index (χ1n) is 8.54. The molecule has 1 N–H and O–H groups in total. The highest BCUT2D eigenvalue weighted by molar-refractivity contribution is 7.89. The Bertz CT molecular complexity index is 928. The molecule has 1 aliphatic heterocycles. The molecule has 0 unspecified atom stereocenters. The Morgan fingerprint density at radius 2 is 1.67 bits per heavy atom. The van der Waals surface area contributed by atoms with E-state index >= 15 is 0 Å². The van der Waals surface area contributed by atoms with Crippen LogP contribution in [0.15, 0.2) is 45.7 Å². The van der Waals surface area contributed by atoms with Gasteiger partial charge < -0.3 is 9.73 Å². The molecule has 1 aliphatic rings. The number of hydrogen-bond donors (Lipinski definition) is 1. The first-order chi connectivity index (χ1) is 12.9. The van der Waals surface area contributed by atoms with Crippen molar-refractivity contribution >= 4 is 27.5 Å². The summed E-state index contributed by atoms with van der Waals surface area (Å²) in [4.78, 5) is 22.1. The van der Waals surface area contributed by atoms with Gasteiger partial charge in [-0.3, -0.25) is 14.9 Å². The summed E-state index contributed by atoms with van der Waals surface area (Å²) in [6.45, 7) is 1.02. The number of anilines is 1. The number of nitrogens with zero attached hydrogens (tertiary/aromatic N) is 2. The molecule has 27 heavy (non-hydrogen) atoms. The minimum Gasteiger partial charge on any atom is -0.395 e. The summed E-state index contributed by atoms with van der Waals surface area (Å²) in [6, 6.07) is 8.10. The Morgan fingerprint density at radius 1 is 1.04 bits per heavy atom. The number of furan rings is 1. The zero-order valence-corrected chi connectivity index (χ0v) is 15.3. The third-order valence-corrected chi connectivity index (χ3v) is 6.22. The third-order valence-electron chi connectivity index (χ3n) is 4.31. The average Bonchev–Trinajstić information content (AvgIpc) is 2.98.